The normalized spacial score (nSPS) is 35.4. The fraction of sp³-hybridized carbons (Fsp3) is 0.600. The predicted molar refractivity (Wildman–Crippen MR) is 93.0 cm³/mol. The molecule has 0 saturated heterocycles. The Kier molecular flexibility index (Phi) is 4.07. The van der Waals surface area contributed by atoms with Crippen LogP contribution in [-0.2, 0) is 21.0 Å². The summed E-state index contributed by atoms with van der Waals surface area (Å²) >= 11 is 0. The van der Waals surface area contributed by atoms with Gasteiger partial charge in [-0.1, -0.05) is 30.3 Å². The van der Waals surface area contributed by atoms with Crippen LogP contribution in [0.4, 0.5) is 0 Å². The van der Waals surface area contributed by atoms with Crippen molar-refractivity contribution in [2.24, 2.45) is 17.3 Å². The van der Waals surface area contributed by atoms with Gasteiger partial charge in [0.05, 0.1) is 12.0 Å². The van der Waals surface area contributed by atoms with E-state index in [1.54, 1.807) is 6.92 Å². The number of hydroxylamine groups is 1. The highest BCUT2D eigenvalue weighted by Crippen LogP contribution is 2.61. The summed E-state index contributed by atoms with van der Waals surface area (Å²) in [5.41, 5.74) is 3.16. The zero-order chi connectivity index (χ0) is 17.5. The van der Waals surface area contributed by atoms with Crippen molar-refractivity contribution in [3.05, 3.63) is 35.9 Å². The lowest BCUT2D eigenvalue weighted by Gasteiger charge is -2.61. The van der Waals surface area contributed by atoms with Crippen molar-refractivity contribution in [1.29, 1.82) is 0 Å². The van der Waals surface area contributed by atoms with Gasteiger partial charge in [0.15, 0.2) is 0 Å². The van der Waals surface area contributed by atoms with Gasteiger partial charge >= 0.3 is 0 Å². The first-order valence-corrected chi connectivity index (χ1v) is 9.24. The van der Waals surface area contributed by atoms with E-state index in [2.05, 4.69) is 10.8 Å². The van der Waals surface area contributed by atoms with E-state index in [1.165, 1.54) is 6.42 Å². The van der Waals surface area contributed by atoms with Crippen molar-refractivity contribution < 1.29 is 14.4 Å². The summed E-state index contributed by atoms with van der Waals surface area (Å²) in [4.78, 5) is 30.2. The fourth-order valence-electron chi connectivity index (χ4n) is 5.92. The van der Waals surface area contributed by atoms with E-state index in [9.17, 15) is 9.59 Å². The third-order valence-corrected chi connectivity index (χ3v) is 6.23. The lowest BCUT2D eigenvalue weighted by molar-refractivity contribution is -0.165. The molecule has 2 N–H and O–H groups in total. The van der Waals surface area contributed by atoms with E-state index in [1.807, 2.05) is 30.3 Å². The van der Waals surface area contributed by atoms with Crippen LogP contribution in [0.15, 0.2) is 30.3 Å². The Labute approximate surface area is 148 Å². The smallest absolute Gasteiger partial charge is 0.249 e. The molecule has 4 atom stereocenters. The molecule has 4 aliphatic rings. The first-order valence-electron chi connectivity index (χ1n) is 9.24. The van der Waals surface area contributed by atoms with Crippen LogP contribution in [0.25, 0.3) is 0 Å². The Morgan fingerprint density at radius 2 is 1.80 bits per heavy atom. The number of benzene rings is 1. The number of hydrogen-bond donors (Lipinski definition) is 2. The van der Waals surface area contributed by atoms with Gasteiger partial charge in [-0.15, -0.1) is 0 Å². The molecule has 4 saturated carbocycles. The third kappa shape index (κ3) is 3.17. The number of carbonyl (C=O) groups is 2. The Bertz CT molecular complexity index is 659. The van der Waals surface area contributed by atoms with Crippen LogP contribution in [0.2, 0.25) is 0 Å². The molecule has 2 amide bonds. The highest BCUT2D eigenvalue weighted by molar-refractivity contribution is 5.83. The first kappa shape index (κ1) is 16.6. The van der Waals surface area contributed by atoms with Gasteiger partial charge in [0, 0.05) is 12.5 Å². The summed E-state index contributed by atoms with van der Waals surface area (Å²) in [6.07, 6.45) is 5.82. The van der Waals surface area contributed by atoms with E-state index in [4.69, 9.17) is 4.84 Å². The molecule has 134 valence electrons. The van der Waals surface area contributed by atoms with Crippen LogP contribution >= 0.6 is 0 Å². The second kappa shape index (κ2) is 6.13. The summed E-state index contributed by atoms with van der Waals surface area (Å²) < 4.78 is 0. The molecular weight excluding hydrogens is 316 g/mol. The van der Waals surface area contributed by atoms with Crippen LogP contribution in [0, 0.1) is 17.3 Å². The molecule has 25 heavy (non-hydrogen) atoms. The largest absolute Gasteiger partial charge is 0.351 e. The molecule has 4 bridgehead atoms. The van der Waals surface area contributed by atoms with Crippen molar-refractivity contribution in [1.82, 2.24) is 10.8 Å². The van der Waals surface area contributed by atoms with E-state index < -0.39 is 0 Å². The second-order valence-corrected chi connectivity index (χ2v) is 8.41. The minimum Gasteiger partial charge on any atom is -0.351 e. The fourth-order valence-corrected chi connectivity index (χ4v) is 5.92. The molecule has 5 rings (SSSR count). The third-order valence-electron chi connectivity index (χ3n) is 6.23. The molecule has 4 fully saturated rings. The van der Waals surface area contributed by atoms with Crippen molar-refractivity contribution in [2.45, 2.75) is 57.6 Å². The summed E-state index contributed by atoms with van der Waals surface area (Å²) in [7, 11) is 0. The summed E-state index contributed by atoms with van der Waals surface area (Å²) in [6, 6.07) is 9.82. The number of amides is 2. The average Bonchev–Trinajstić information content (AvgIpc) is 2.53. The van der Waals surface area contributed by atoms with E-state index in [0.29, 0.717) is 18.4 Å². The van der Waals surface area contributed by atoms with Gasteiger partial charge in [0.25, 0.3) is 0 Å². The van der Waals surface area contributed by atoms with Gasteiger partial charge in [0.1, 0.15) is 0 Å². The van der Waals surface area contributed by atoms with E-state index >= 15 is 0 Å². The van der Waals surface area contributed by atoms with Crippen LogP contribution in [0.1, 0.15) is 51.0 Å². The van der Waals surface area contributed by atoms with Crippen molar-refractivity contribution in [3.8, 4) is 0 Å². The number of hydrogen-bond acceptors (Lipinski definition) is 3. The molecule has 2 unspecified atom stereocenters. The predicted octanol–water partition coefficient (Wildman–Crippen LogP) is 2.71. The van der Waals surface area contributed by atoms with E-state index in [-0.39, 0.29) is 22.8 Å². The summed E-state index contributed by atoms with van der Waals surface area (Å²) in [5.74, 6) is 1.08. The number of carbonyl (C=O) groups excluding carboxylic acids is 2. The second-order valence-electron chi connectivity index (χ2n) is 8.41. The first-order chi connectivity index (χ1) is 12.0. The lowest BCUT2D eigenvalue weighted by atomic mass is 9.46. The maximum absolute atomic E-state index is 13.0. The Balaban J connectivity index is 1.43. The average molecular weight is 342 g/mol. The van der Waals surface area contributed by atoms with Gasteiger partial charge in [-0.3, -0.25) is 14.4 Å². The maximum Gasteiger partial charge on any atom is 0.249 e. The summed E-state index contributed by atoms with van der Waals surface area (Å²) in [6.45, 7) is 1.95. The lowest BCUT2D eigenvalue weighted by Crippen LogP contribution is -2.65. The van der Waals surface area contributed by atoms with Gasteiger partial charge in [0.2, 0.25) is 11.8 Å². The van der Waals surface area contributed by atoms with Gasteiger partial charge in [-0.25, -0.2) is 5.48 Å². The molecule has 5 heteroatoms. The minimum atomic E-state index is -0.386. The standard InChI is InChI=1S/C20H26N2O3/c1-14(23)21-20-10-16-7-17(11-20)9-19(8-16,13-20)18(24)22-25-12-15-5-3-2-4-6-15/h2-6,16-17H,7-13H2,1H3,(H,21,23)(H,22,24)/t16-,17+,19?,20?. The van der Waals surface area contributed by atoms with Crippen molar-refractivity contribution in [2.75, 3.05) is 0 Å². The molecule has 5 nitrogen and oxygen atoms in total. The number of nitrogens with one attached hydrogen (secondary N) is 2. The molecular formula is C20H26N2O3. The molecule has 4 aliphatic carbocycles. The molecule has 0 heterocycles. The zero-order valence-electron chi connectivity index (χ0n) is 14.7. The highest BCUT2D eigenvalue weighted by atomic mass is 16.6. The molecule has 0 spiro atoms. The molecule has 1 aromatic carbocycles. The SMILES string of the molecule is CC(=O)NC12C[C@H]3C[C@@H](C1)CC(C(=O)NOCc1ccccc1)(C3)C2. The van der Waals surface area contributed by atoms with Gasteiger partial charge < -0.3 is 5.32 Å². The van der Waals surface area contributed by atoms with Crippen molar-refractivity contribution in [3.63, 3.8) is 0 Å². The van der Waals surface area contributed by atoms with Crippen LogP contribution in [0.3, 0.4) is 0 Å². The van der Waals surface area contributed by atoms with Crippen LogP contribution < -0.4 is 10.8 Å². The molecule has 0 radical (unpaired) electrons. The molecule has 0 aromatic heterocycles. The Hall–Kier alpha value is -1.88. The Morgan fingerprint density at radius 3 is 2.44 bits per heavy atom. The maximum atomic E-state index is 13.0. The van der Waals surface area contributed by atoms with Gasteiger partial charge in [-0.05, 0) is 55.9 Å². The van der Waals surface area contributed by atoms with Crippen molar-refractivity contribution >= 4 is 11.8 Å². The Morgan fingerprint density at radius 1 is 1.12 bits per heavy atom. The monoisotopic (exact) mass is 342 g/mol. The van der Waals surface area contributed by atoms with Crippen LogP contribution in [-0.4, -0.2) is 17.4 Å². The van der Waals surface area contributed by atoms with Gasteiger partial charge in [-0.2, -0.15) is 0 Å². The topological polar surface area (TPSA) is 67.4 Å². The molecule has 1 aromatic rings. The molecule has 0 aliphatic heterocycles. The zero-order valence-corrected chi connectivity index (χ0v) is 14.7. The van der Waals surface area contributed by atoms with E-state index in [0.717, 1.165) is 37.7 Å². The number of rotatable bonds is 5. The minimum absolute atomic E-state index is 0.00717. The summed E-state index contributed by atoms with van der Waals surface area (Å²) in [5, 5.41) is 3.19. The quantitative estimate of drug-likeness (QED) is 0.809. The van der Waals surface area contributed by atoms with Crippen LogP contribution in [0.5, 0.6) is 0 Å². The highest BCUT2D eigenvalue weighted by Gasteiger charge is 2.61.